The minimum absolute atomic E-state index is 0.000433. The SMILES string of the molecule is O=C1C[C@](CC(=O)N2CCCC[C@H]2c2nccs2)(c2ccccc2)C(=O)N1CCc1ccccn1. The Bertz CT molecular complexity index is 1190. The molecule has 2 aliphatic heterocycles. The summed E-state index contributed by atoms with van der Waals surface area (Å²) in [7, 11) is 0. The predicted molar refractivity (Wildman–Crippen MR) is 132 cm³/mol. The van der Waals surface area contributed by atoms with E-state index < -0.39 is 5.41 Å². The normalized spacial score (nSPS) is 22.6. The molecule has 180 valence electrons. The van der Waals surface area contributed by atoms with Crippen molar-refractivity contribution in [1.29, 1.82) is 0 Å². The Kier molecular flexibility index (Phi) is 6.72. The molecular formula is C27H28N4O3S. The summed E-state index contributed by atoms with van der Waals surface area (Å²) in [6.07, 6.45) is 6.75. The third-order valence-electron chi connectivity index (χ3n) is 7.07. The van der Waals surface area contributed by atoms with Crippen LogP contribution in [0, 0.1) is 0 Å². The molecule has 3 aromatic rings. The molecule has 0 saturated carbocycles. The molecule has 2 aliphatic rings. The van der Waals surface area contributed by atoms with Gasteiger partial charge < -0.3 is 4.90 Å². The number of nitrogens with zero attached hydrogens (tertiary/aromatic N) is 4. The van der Waals surface area contributed by atoms with Crippen LogP contribution in [0.2, 0.25) is 0 Å². The lowest BCUT2D eigenvalue weighted by atomic mass is 9.75. The lowest BCUT2D eigenvalue weighted by Crippen LogP contribution is -2.45. The molecule has 2 saturated heterocycles. The summed E-state index contributed by atoms with van der Waals surface area (Å²) in [6, 6.07) is 14.8. The van der Waals surface area contributed by atoms with E-state index in [2.05, 4.69) is 9.97 Å². The zero-order valence-corrected chi connectivity index (χ0v) is 20.3. The number of pyridine rings is 1. The van der Waals surface area contributed by atoms with Gasteiger partial charge in [0, 0.05) is 55.8 Å². The monoisotopic (exact) mass is 488 g/mol. The highest BCUT2D eigenvalue weighted by atomic mass is 32.1. The lowest BCUT2D eigenvalue weighted by Gasteiger charge is -2.37. The van der Waals surface area contributed by atoms with Gasteiger partial charge in [0.25, 0.3) is 0 Å². The molecule has 0 aliphatic carbocycles. The predicted octanol–water partition coefficient (Wildman–Crippen LogP) is 3.92. The van der Waals surface area contributed by atoms with Crippen molar-refractivity contribution >= 4 is 29.1 Å². The molecule has 3 amide bonds. The molecule has 0 radical (unpaired) electrons. The van der Waals surface area contributed by atoms with E-state index in [4.69, 9.17) is 0 Å². The van der Waals surface area contributed by atoms with Crippen LogP contribution in [0.1, 0.15) is 54.4 Å². The first kappa shape index (κ1) is 23.4. The van der Waals surface area contributed by atoms with Crippen molar-refractivity contribution in [1.82, 2.24) is 19.8 Å². The highest BCUT2D eigenvalue weighted by molar-refractivity contribution is 7.09. The van der Waals surface area contributed by atoms with E-state index in [-0.39, 0.29) is 43.1 Å². The van der Waals surface area contributed by atoms with Crippen LogP contribution in [0.4, 0.5) is 0 Å². The van der Waals surface area contributed by atoms with E-state index in [9.17, 15) is 14.4 Å². The second-order valence-electron chi connectivity index (χ2n) is 9.19. The van der Waals surface area contributed by atoms with E-state index in [1.54, 1.807) is 23.7 Å². The molecule has 2 aromatic heterocycles. The molecule has 35 heavy (non-hydrogen) atoms. The summed E-state index contributed by atoms with van der Waals surface area (Å²) in [5.74, 6) is -0.625. The van der Waals surface area contributed by atoms with Gasteiger partial charge in [-0.1, -0.05) is 36.4 Å². The van der Waals surface area contributed by atoms with Gasteiger partial charge in [-0.05, 0) is 37.0 Å². The number of amides is 3. The molecule has 5 rings (SSSR count). The van der Waals surface area contributed by atoms with Crippen LogP contribution in [0.3, 0.4) is 0 Å². The number of carbonyl (C=O) groups excluding carboxylic acids is 3. The number of piperidine rings is 1. The second kappa shape index (κ2) is 10.1. The molecule has 7 nitrogen and oxygen atoms in total. The molecule has 0 bridgehead atoms. The first-order valence-electron chi connectivity index (χ1n) is 12.1. The Morgan fingerprint density at radius 3 is 2.60 bits per heavy atom. The maximum absolute atomic E-state index is 13.9. The van der Waals surface area contributed by atoms with Gasteiger partial charge in [0.1, 0.15) is 5.01 Å². The van der Waals surface area contributed by atoms with Crippen molar-refractivity contribution in [3.63, 3.8) is 0 Å². The quantitative estimate of drug-likeness (QED) is 0.471. The Balaban J connectivity index is 1.42. The van der Waals surface area contributed by atoms with E-state index in [0.29, 0.717) is 13.0 Å². The Morgan fingerprint density at radius 1 is 1.03 bits per heavy atom. The molecule has 0 unspecified atom stereocenters. The van der Waals surface area contributed by atoms with Crippen LogP contribution in [-0.2, 0) is 26.2 Å². The maximum atomic E-state index is 13.9. The molecule has 1 aromatic carbocycles. The van der Waals surface area contributed by atoms with Crippen LogP contribution < -0.4 is 0 Å². The van der Waals surface area contributed by atoms with Gasteiger partial charge in [0.05, 0.1) is 11.5 Å². The zero-order chi connectivity index (χ0) is 24.3. The number of benzene rings is 1. The minimum atomic E-state index is -1.19. The molecular weight excluding hydrogens is 460 g/mol. The van der Waals surface area contributed by atoms with Gasteiger partial charge in [0.15, 0.2) is 0 Å². The number of carbonyl (C=O) groups is 3. The summed E-state index contributed by atoms with van der Waals surface area (Å²) < 4.78 is 0. The highest BCUT2D eigenvalue weighted by Crippen LogP contribution is 2.42. The molecule has 0 spiro atoms. The molecule has 0 N–H and O–H groups in total. The fourth-order valence-corrected chi connectivity index (χ4v) is 6.05. The van der Waals surface area contributed by atoms with E-state index in [0.717, 1.165) is 35.5 Å². The smallest absolute Gasteiger partial charge is 0.240 e. The van der Waals surface area contributed by atoms with E-state index in [1.807, 2.05) is 58.8 Å². The number of imide groups is 1. The van der Waals surface area contributed by atoms with Crippen LogP contribution in [0.25, 0.3) is 0 Å². The lowest BCUT2D eigenvalue weighted by molar-refractivity contribution is -0.144. The maximum Gasteiger partial charge on any atom is 0.240 e. The van der Waals surface area contributed by atoms with Crippen LogP contribution >= 0.6 is 11.3 Å². The Hall–Kier alpha value is -3.39. The largest absolute Gasteiger partial charge is 0.333 e. The molecule has 8 heteroatoms. The summed E-state index contributed by atoms with van der Waals surface area (Å²) in [4.78, 5) is 52.8. The average molecular weight is 489 g/mol. The van der Waals surface area contributed by atoms with Crippen molar-refractivity contribution < 1.29 is 14.4 Å². The standard InChI is InChI=1S/C27H28N4O3S/c32-23(30-15-7-5-11-22(30)25-29-14-17-35-25)18-27(20-8-2-1-3-9-20)19-24(33)31(26(27)34)16-12-21-10-4-6-13-28-21/h1-4,6,8-10,13-14,17,22H,5,7,11-12,15-16,18-19H2/t22-,27+/m0/s1. The second-order valence-corrected chi connectivity index (χ2v) is 10.1. The Labute approximate surface area is 208 Å². The van der Waals surface area contributed by atoms with E-state index in [1.165, 1.54) is 4.90 Å². The van der Waals surface area contributed by atoms with Crippen LogP contribution in [-0.4, -0.2) is 50.6 Å². The first-order chi connectivity index (χ1) is 17.1. The van der Waals surface area contributed by atoms with Crippen LogP contribution in [0.5, 0.6) is 0 Å². The van der Waals surface area contributed by atoms with E-state index >= 15 is 0 Å². The minimum Gasteiger partial charge on any atom is -0.333 e. The number of thiazole rings is 1. The zero-order valence-electron chi connectivity index (χ0n) is 19.5. The van der Waals surface area contributed by atoms with Crippen molar-refractivity contribution in [2.45, 2.75) is 50.0 Å². The number of hydrogen-bond donors (Lipinski definition) is 0. The van der Waals surface area contributed by atoms with Gasteiger partial charge in [0.2, 0.25) is 17.7 Å². The Morgan fingerprint density at radius 2 is 1.86 bits per heavy atom. The molecule has 4 heterocycles. The first-order valence-corrected chi connectivity index (χ1v) is 13.0. The van der Waals surface area contributed by atoms with Crippen molar-refractivity contribution in [3.05, 3.63) is 82.6 Å². The van der Waals surface area contributed by atoms with Gasteiger partial charge in [-0.3, -0.25) is 24.3 Å². The fraction of sp³-hybridized carbons (Fsp3) is 0.370. The summed E-state index contributed by atoms with van der Waals surface area (Å²) in [5, 5.41) is 2.86. The highest BCUT2D eigenvalue weighted by Gasteiger charge is 2.54. The number of likely N-dealkylation sites (tertiary alicyclic amines) is 2. The number of aromatic nitrogens is 2. The van der Waals surface area contributed by atoms with Crippen molar-refractivity contribution in [3.8, 4) is 0 Å². The van der Waals surface area contributed by atoms with Crippen molar-refractivity contribution in [2.24, 2.45) is 0 Å². The average Bonchev–Trinajstić information content (AvgIpc) is 3.51. The van der Waals surface area contributed by atoms with Gasteiger partial charge in [-0.25, -0.2) is 4.98 Å². The topological polar surface area (TPSA) is 83.5 Å². The number of rotatable bonds is 7. The summed E-state index contributed by atoms with van der Waals surface area (Å²) >= 11 is 1.55. The molecule has 2 atom stereocenters. The summed E-state index contributed by atoms with van der Waals surface area (Å²) in [5.41, 5.74) is 0.348. The van der Waals surface area contributed by atoms with Gasteiger partial charge >= 0.3 is 0 Å². The van der Waals surface area contributed by atoms with Gasteiger partial charge in [-0.15, -0.1) is 11.3 Å². The molecule has 2 fully saturated rings. The van der Waals surface area contributed by atoms with Crippen molar-refractivity contribution in [2.75, 3.05) is 13.1 Å². The number of hydrogen-bond acceptors (Lipinski definition) is 6. The third-order valence-corrected chi connectivity index (χ3v) is 7.94. The fourth-order valence-electron chi connectivity index (χ4n) is 5.27. The third kappa shape index (κ3) is 4.62. The summed E-state index contributed by atoms with van der Waals surface area (Å²) in [6.45, 7) is 0.891. The van der Waals surface area contributed by atoms with Crippen LogP contribution in [0.15, 0.2) is 66.3 Å². The van der Waals surface area contributed by atoms with Gasteiger partial charge in [-0.2, -0.15) is 0 Å².